The topological polar surface area (TPSA) is 78.5 Å². The predicted molar refractivity (Wildman–Crippen MR) is 136 cm³/mol. The Morgan fingerprint density at radius 3 is 2.71 bits per heavy atom. The fourth-order valence-electron chi connectivity index (χ4n) is 4.71. The van der Waals surface area contributed by atoms with E-state index < -0.39 is 0 Å². The lowest BCUT2D eigenvalue weighted by atomic mass is 9.72. The lowest BCUT2D eigenvalue weighted by molar-refractivity contribution is -0.139. The van der Waals surface area contributed by atoms with Gasteiger partial charge in [0.1, 0.15) is 4.83 Å². The van der Waals surface area contributed by atoms with Gasteiger partial charge in [-0.3, -0.25) is 9.59 Å². The van der Waals surface area contributed by atoms with Crippen molar-refractivity contribution in [3.05, 3.63) is 51.1 Å². The molecule has 0 saturated carbocycles. The van der Waals surface area contributed by atoms with Crippen LogP contribution < -0.4 is 5.56 Å². The van der Waals surface area contributed by atoms with Crippen molar-refractivity contribution in [2.24, 2.45) is 11.3 Å². The van der Waals surface area contributed by atoms with Crippen LogP contribution in [-0.4, -0.2) is 37.5 Å². The molecule has 0 fully saturated rings. The quantitative estimate of drug-likeness (QED) is 0.289. The highest BCUT2D eigenvalue weighted by atomic mass is 32.2. The molecule has 0 bridgehead atoms. The van der Waals surface area contributed by atoms with Crippen LogP contribution >= 0.6 is 23.1 Å². The van der Waals surface area contributed by atoms with E-state index in [1.807, 2.05) is 34.7 Å². The highest BCUT2D eigenvalue weighted by Crippen LogP contribution is 2.43. The minimum atomic E-state index is -0.296. The average Bonchev–Trinajstić information content (AvgIpc) is 3.39. The maximum atomic E-state index is 13.9. The first-order valence-electron chi connectivity index (χ1n) is 11.6. The van der Waals surface area contributed by atoms with E-state index in [-0.39, 0.29) is 22.7 Å². The van der Waals surface area contributed by atoms with Crippen LogP contribution in [0.2, 0.25) is 0 Å². The number of thioether (sulfide) groups is 1. The van der Waals surface area contributed by atoms with E-state index in [1.54, 1.807) is 22.8 Å². The summed E-state index contributed by atoms with van der Waals surface area (Å²) >= 11 is 2.96. The Morgan fingerprint density at radius 2 is 2.00 bits per heavy atom. The summed E-state index contributed by atoms with van der Waals surface area (Å²) in [5.74, 6) is 0.868. The fourth-order valence-corrected chi connectivity index (χ4v) is 6.91. The second kappa shape index (κ2) is 8.85. The molecule has 0 spiro atoms. The number of hydrogen-bond acceptors (Lipinski definition) is 7. The van der Waals surface area contributed by atoms with Crippen molar-refractivity contribution in [2.45, 2.75) is 52.1 Å². The Kier molecular flexibility index (Phi) is 6.02. The van der Waals surface area contributed by atoms with Gasteiger partial charge in [0.15, 0.2) is 5.16 Å². The molecule has 9 heteroatoms. The molecule has 0 unspecified atom stereocenters. The summed E-state index contributed by atoms with van der Waals surface area (Å²) in [6, 6.07) is 9.55. The summed E-state index contributed by atoms with van der Waals surface area (Å²) in [6.07, 6.45) is 2.93. The van der Waals surface area contributed by atoms with Crippen molar-refractivity contribution >= 4 is 45.1 Å². The molecule has 178 valence electrons. The molecule has 7 nitrogen and oxygen atoms in total. The number of rotatable bonds is 5. The van der Waals surface area contributed by atoms with Gasteiger partial charge < -0.3 is 4.74 Å². The number of aromatic nitrogens is 4. The first-order chi connectivity index (χ1) is 16.3. The number of carbonyl (C=O) groups excluding carboxylic acids is 1. The minimum absolute atomic E-state index is 0.0604. The van der Waals surface area contributed by atoms with Gasteiger partial charge >= 0.3 is 5.97 Å². The van der Waals surface area contributed by atoms with Crippen LogP contribution in [-0.2, 0) is 22.4 Å². The minimum Gasteiger partial charge on any atom is -0.465 e. The van der Waals surface area contributed by atoms with Gasteiger partial charge in [0.05, 0.1) is 23.4 Å². The Morgan fingerprint density at radius 1 is 1.24 bits per heavy atom. The third kappa shape index (κ3) is 3.94. The lowest BCUT2D eigenvalue weighted by Gasteiger charge is -2.33. The highest BCUT2D eigenvalue weighted by Gasteiger charge is 2.33. The van der Waals surface area contributed by atoms with Crippen LogP contribution in [0.4, 0.5) is 0 Å². The SMILES string of the molecule is CCOC(=O)CSc1nnc2n(-c3ccccc3)c(=O)c3c4c(sc3n12)C[C@H](C(C)(C)C)CC4. The van der Waals surface area contributed by atoms with Gasteiger partial charge in [-0.15, -0.1) is 21.5 Å². The number of hydrogen-bond donors (Lipinski definition) is 0. The Balaban J connectivity index is 1.74. The monoisotopic (exact) mass is 496 g/mol. The second-order valence-corrected chi connectivity index (χ2v) is 11.7. The summed E-state index contributed by atoms with van der Waals surface area (Å²) in [5, 5.41) is 10.1. The van der Waals surface area contributed by atoms with Crippen molar-refractivity contribution in [1.29, 1.82) is 0 Å². The zero-order chi connectivity index (χ0) is 24.0. The van der Waals surface area contributed by atoms with Gasteiger partial charge in [0.25, 0.3) is 5.56 Å². The molecule has 0 amide bonds. The molecule has 3 heterocycles. The average molecular weight is 497 g/mol. The van der Waals surface area contributed by atoms with Crippen molar-refractivity contribution in [3.63, 3.8) is 0 Å². The molecule has 1 atom stereocenters. The van der Waals surface area contributed by atoms with E-state index >= 15 is 0 Å². The molecule has 0 N–H and O–H groups in total. The van der Waals surface area contributed by atoms with Crippen molar-refractivity contribution in [3.8, 4) is 5.69 Å². The van der Waals surface area contributed by atoms with E-state index in [0.29, 0.717) is 23.5 Å². The third-order valence-electron chi connectivity index (χ3n) is 6.55. The van der Waals surface area contributed by atoms with Gasteiger partial charge in [-0.25, -0.2) is 8.97 Å². The van der Waals surface area contributed by atoms with Gasteiger partial charge in [-0.05, 0) is 55.2 Å². The summed E-state index contributed by atoms with van der Waals surface area (Å²) in [6.45, 7) is 9.00. The van der Waals surface area contributed by atoms with Gasteiger partial charge in [0, 0.05) is 4.88 Å². The van der Waals surface area contributed by atoms with Crippen molar-refractivity contribution < 1.29 is 9.53 Å². The molecule has 3 aromatic heterocycles. The van der Waals surface area contributed by atoms with E-state index in [9.17, 15) is 9.59 Å². The van der Waals surface area contributed by atoms with Crippen LogP contribution in [0.25, 0.3) is 21.7 Å². The van der Waals surface area contributed by atoms with Crippen LogP contribution in [0.1, 0.15) is 44.6 Å². The largest absolute Gasteiger partial charge is 0.465 e. The van der Waals surface area contributed by atoms with Crippen LogP contribution in [0, 0.1) is 11.3 Å². The fraction of sp³-hybridized carbons (Fsp3) is 0.440. The Hall–Kier alpha value is -2.65. The Bertz CT molecular complexity index is 1430. The molecule has 0 radical (unpaired) electrons. The van der Waals surface area contributed by atoms with E-state index in [0.717, 1.165) is 40.7 Å². The zero-order valence-electron chi connectivity index (χ0n) is 19.8. The number of aryl methyl sites for hydroxylation is 1. The molecular weight excluding hydrogens is 468 g/mol. The maximum Gasteiger partial charge on any atom is 0.316 e. The maximum absolute atomic E-state index is 13.9. The second-order valence-electron chi connectivity index (χ2n) is 9.68. The number of ether oxygens (including phenoxy) is 1. The van der Waals surface area contributed by atoms with Crippen molar-refractivity contribution in [1.82, 2.24) is 19.2 Å². The van der Waals surface area contributed by atoms with Gasteiger partial charge in [-0.2, -0.15) is 0 Å². The first kappa shape index (κ1) is 23.1. The number of fused-ring (bicyclic) bond motifs is 5. The molecule has 1 aliphatic rings. The molecule has 0 saturated heterocycles. The number of thiophene rings is 1. The Labute approximate surface area is 206 Å². The van der Waals surface area contributed by atoms with Crippen LogP contribution in [0.5, 0.6) is 0 Å². The third-order valence-corrected chi connectivity index (χ3v) is 8.69. The van der Waals surface area contributed by atoms with E-state index in [2.05, 4.69) is 31.0 Å². The highest BCUT2D eigenvalue weighted by molar-refractivity contribution is 7.99. The van der Waals surface area contributed by atoms with Gasteiger partial charge in [0.2, 0.25) is 5.78 Å². The number of carbonyl (C=O) groups is 1. The van der Waals surface area contributed by atoms with Crippen LogP contribution in [0.15, 0.2) is 40.3 Å². The lowest BCUT2D eigenvalue weighted by Crippen LogP contribution is -2.27. The first-order valence-corrected chi connectivity index (χ1v) is 13.4. The number of nitrogens with zero attached hydrogens (tertiary/aromatic N) is 4. The smallest absolute Gasteiger partial charge is 0.316 e. The molecule has 0 aliphatic heterocycles. The number of esters is 1. The van der Waals surface area contributed by atoms with E-state index in [1.165, 1.54) is 16.6 Å². The summed E-state index contributed by atoms with van der Waals surface area (Å²) in [7, 11) is 0. The molecule has 1 aromatic carbocycles. The molecule has 34 heavy (non-hydrogen) atoms. The molecule has 4 aromatic rings. The zero-order valence-corrected chi connectivity index (χ0v) is 21.5. The summed E-state index contributed by atoms with van der Waals surface area (Å²) in [5.41, 5.74) is 2.06. The van der Waals surface area contributed by atoms with Crippen LogP contribution in [0.3, 0.4) is 0 Å². The molecule has 5 rings (SSSR count). The number of benzene rings is 1. The molecule has 1 aliphatic carbocycles. The van der Waals surface area contributed by atoms with Crippen molar-refractivity contribution in [2.75, 3.05) is 12.4 Å². The predicted octanol–water partition coefficient (Wildman–Crippen LogP) is 4.90. The normalized spacial score (nSPS) is 16.2. The number of para-hydroxylation sites is 1. The van der Waals surface area contributed by atoms with E-state index in [4.69, 9.17) is 4.74 Å². The van der Waals surface area contributed by atoms with Gasteiger partial charge in [-0.1, -0.05) is 50.7 Å². The summed E-state index contributed by atoms with van der Waals surface area (Å²) < 4.78 is 8.68. The standard InChI is InChI=1S/C25H28N4O3S2/c1-5-32-19(30)14-33-24-27-26-23-28(16-9-7-6-8-10-16)21(31)20-17-12-11-15(25(2,3)4)13-18(17)34-22(20)29(23)24/h6-10,15H,5,11-14H2,1-4H3/t15-/m1/s1. The summed E-state index contributed by atoms with van der Waals surface area (Å²) in [4.78, 5) is 28.1. The molecular formula is C25H28N4O3S2.